The maximum absolute atomic E-state index is 5.12. The van der Waals surface area contributed by atoms with Crippen molar-refractivity contribution in [2.24, 2.45) is 0 Å². The maximum atomic E-state index is 5.12. The Labute approximate surface area is 101 Å². The summed E-state index contributed by atoms with van der Waals surface area (Å²) in [6, 6.07) is 4.54. The van der Waals surface area contributed by atoms with E-state index in [2.05, 4.69) is 16.6 Å². The molecule has 4 heteroatoms. The van der Waals surface area contributed by atoms with Crippen LogP contribution in [-0.4, -0.2) is 29.6 Å². The highest BCUT2D eigenvalue weighted by Gasteiger charge is 2.26. The molecule has 16 heavy (non-hydrogen) atoms. The number of pyridine rings is 1. The molecule has 1 saturated carbocycles. The van der Waals surface area contributed by atoms with Crippen molar-refractivity contribution in [2.75, 3.05) is 18.7 Å². The van der Waals surface area contributed by atoms with Crippen LogP contribution in [0, 0.1) is 0 Å². The lowest BCUT2D eigenvalue weighted by molar-refractivity contribution is 0.398. The van der Waals surface area contributed by atoms with E-state index in [0.717, 1.165) is 10.9 Å². The number of hydrogen-bond donors (Lipinski definition) is 1. The van der Waals surface area contributed by atoms with Crippen LogP contribution in [0.3, 0.4) is 0 Å². The predicted octanol–water partition coefficient (Wildman–Crippen LogP) is 2.79. The number of ether oxygens (including phenoxy) is 1. The number of anilines is 1. The summed E-state index contributed by atoms with van der Waals surface area (Å²) in [4.78, 5) is 4.10. The molecule has 0 spiro atoms. The van der Waals surface area contributed by atoms with Crippen LogP contribution in [-0.2, 0) is 0 Å². The highest BCUT2D eigenvalue weighted by molar-refractivity contribution is 7.99. The molecule has 1 aliphatic rings. The summed E-state index contributed by atoms with van der Waals surface area (Å²) in [6.45, 7) is 0. The Balaban J connectivity index is 2.02. The van der Waals surface area contributed by atoms with Crippen molar-refractivity contribution in [3.8, 4) is 5.88 Å². The minimum Gasteiger partial charge on any atom is -0.481 e. The molecule has 0 bridgehead atoms. The van der Waals surface area contributed by atoms with Crippen molar-refractivity contribution in [1.29, 1.82) is 0 Å². The third kappa shape index (κ3) is 2.61. The summed E-state index contributed by atoms with van der Waals surface area (Å²) in [5.74, 6) is 0.670. The first kappa shape index (κ1) is 11.6. The van der Waals surface area contributed by atoms with E-state index in [-0.39, 0.29) is 0 Å². The molecule has 2 rings (SSSR count). The van der Waals surface area contributed by atoms with Gasteiger partial charge in [0, 0.05) is 29.2 Å². The number of nitrogens with zero attached hydrogens (tertiary/aromatic N) is 1. The topological polar surface area (TPSA) is 34.1 Å². The molecule has 0 saturated heterocycles. The van der Waals surface area contributed by atoms with Crippen molar-refractivity contribution in [1.82, 2.24) is 4.98 Å². The normalized spacial score (nSPS) is 24.4. The van der Waals surface area contributed by atoms with E-state index < -0.39 is 0 Å². The molecule has 0 amide bonds. The second kappa shape index (κ2) is 5.43. The van der Waals surface area contributed by atoms with Gasteiger partial charge in [-0.3, -0.25) is 0 Å². The zero-order valence-electron chi connectivity index (χ0n) is 9.77. The standard InChI is InChI=1S/C12H18N2OS/c1-15-12-8-9(6-7-13-12)14-10-4-3-5-11(10)16-2/h6-8,10-11H,3-5H2,1-2H3,(H,13,14). The van der Waals surface area contributed by atoms with Crippen LogP contribution in [0.4, 0.5) is 5.69 Å². The fourth-order valence-corrected chi connectivity index (χ4v) is 3.13. The smallest absolute Gasteiger partial charge is 0.214 e. The molecule has 88 valence electrons. The average molecular weight is 238 g/mol. The molecule has 2 unspecified atom stereocenters. The van der Waals surface area contributed by atoms with Gasteiger partial charge in [0.05, 0.1) is 7.11 Å². The molecule has 1 heterocycles. The van der Waals surface area contributed by atoms with Gasteiger partial charge in [-0.2, -0.15) is 11.8 Å². The summed E-state index contributed by atoms with van der Waals surface area (Å²) in [5.41, 5.74) is 1.11. The fraction of sp³-hybridized carbons (Fsp3) is 0.583. The quantitative estimate of drug-likeness (QED) is 0.874. The zero-order valence-corrected chi connectivity index (χ0v) is 10.6. The molecule has 1 aromatic rings. The van der Waals surface area contributed by atoms with Crippen molar-refractivity contribution >= 4 is 17.4 Å². The van der Waals surface area contributed by atoms with Crippen molar-refractivity contribution in [2.45, 2.75) is 30.6 Å². The minimum absolute atomic E-state index is 0.585. The van der Waals surface area contributed by atoms with Gasteiger partial charge < -0.3 is 10.1 Å². The summed E-state index contributed by atoms with van der Waals surface area (Å²) in [5, 5.41) is 4.31. The lowest BCUT2D eigenvalue weighted by Gasteiger charge is -2.20. The van der Waals surface area contributed by atoms with Crippen LogP contribution in [0.5, 0.6) is 5.88 Å². The van der Waals surface area contributed by atoms with Gasteiger partial charge in [-0.25, -0.2) is 4.98 Å². The molecule has 1 aromatic heterocycles. The zero-order chi connectivity index (χ0) is 11.4. The predicted molar refractivity (Wildman–Crippen MR) is 69.4 cm³/mol. The Morgan fingerprint density at radius 1 is 1.50 bits per heavy atom. The fourth-order valence-electron chi connectivity index (χ4n) is 2.20. The number of hydrogen-bond acceptors (Lipinski definition) is 4. The lowest BCUT2D eigenvalue weighted by atomic mass is 10.2. The van der Waals surface area contributed by atoms with Crippen LogP contribution in [0.15, 0.2) is 18.3 Å². The monoisotopic (exact) mass is 238 g/mol. The van der Waals surface area contributed by atoms with Gasteiger partial charge in [0.2, 0.25) is 5.88 Å². The van der Waals surface area contributed by atoms with Gasteiger partial charge in [0.25, 0.3) is 0 Å². The van der Waals surface area contributed by atoms with E-state index in [1.54, 1.807) is 13.3 Å². The Morgan fingerprint density at radius 2 is 2.38 bits per heavy atom. The van der Waals surface area contributed by atoms with Gasteiger partial charge in [-0.1, -0.05) is 6.42 Å². The van der Waals surface area contributed by atoms with Gasteiger partial charge in [0.1, 0.15) is 0 Å². The van der Waals surface area contributed by atoms with Crippen molar-refractivity contribution < 1.29 is 4.74 Å². The van der Waals surface area contributed by atoms with E-state index in [0.29, 0.717) is 11.9 Å². The van der Waals surface area contributed by atoms with E-state index in [9.17, 15) is 0 Å². The minimum atomic E-state index is 0.585. The number of nitrogens with one attached hydrogen (secondary N) is 1. The van der Waals surface area contributed by atoms with E-state index in [4.69, 9.17) is 4.74 Å². The number of rotatable bonds is 4. The largest absolute Gasteiger partial charge is 0.481 e. The first-order valence-corrected chi connectivity index (χ1v) is 6.91. The molecule has 2 atom stereocenters. The SMILES string of the molecule is COc1cc(NC2CCCC2SC)ccn1. The van der Waals surface area contributed by atoms with Crippen LogP contribution >= 0.6 is 11.8 Å². The highest BCUT2D eigenvalue weighted by Crippen LogP contribution is 2.31. The second-order valence-electron chi connectivity index (χ2n) is 4.04. The summed E-state index contributed by atoms with van der Waals surface area (Å²) >= 11 is 1.96. The molecular formula is C12H18N2OS. The molecule has 1 aliphatic carbocycles. The van der Waals surface area contributed by atoms with Crippen molar-refractivity contribution in [3.05, 3.63) is 18.3 Å². The summed E-state index contributed by atoms with van der Waals surface area (Å²) in [6.07, 6.45) is 7.88. The Kier molecular flexibility index (Phi) is 3.93. The Bertz CT molecular complexity index is 346. The maximum Gasteiger partial charge on any atom is 0.214 e. The molecule has 0 aromatic carbocycles. The van der Waals surface area contributed by atoms with Gasteiger partial charge in [-0.05, 0) is 25.2 Å². The average Bonchev–Trinajstić information content (AvgIpc) is 2.76. The third-order valence-electron chi connectivity index (χ3n) is 3.05. The molecule has 1 fully saturated rings. The van der Waals surface area contributed by atoms with E-state index in [1.807, 2.05) is 23.9 Å². The first-order chi connectivity index (χ1) is 7.83. The second-order valence-corrected chi connectivity index (χ2v) is 5.12. The van der Waals surface area contributed by atoms with Crippen LogP contribution in [0.25, 0.3) is 0 Å². The summed E-state index contributed by atoms with van der Waals surface area (Å²) < 4.78 is 5.12. The van der Waals surface area contributed by atoms with Crippen molar-refractivity contribution in [3.63, 3.8) is 0 Å². The van der Waals surface area contributed by atoms with Gasteiger partial charge in [-0.15, -0.1) is 0 Å². The number of methoxy groups -OCH3 is 1. The number of thioether (sulfide) groups is 1. The molecule has 3 nitrogen and oxygen atoms in total. The number of aromatic nitrogens is 1. The molecular weight excluding hydrogens is 220 g/mol. The van der Waals surface area contributed by atoms with Gasteiger partial charge in [0.15, 0.2) is 0 Å². The van der Waals surface area contributed by atoms with E-state index in [1.165, 1.54) is 19.3 Å². The Morgan fingerprint density at radius 3 is 3.12 bits per heavy atom. The van der Waals surface area contributed by atoms with Crippen LogP contribution in [0.1, 0.15) is 19.3 Å². The molecule has 1 N–H and O–H groups in total. The lowest BCUT2D eigenvalue weighted by Crippen LogP contribution is -2.25. The summed E-state index contributed by atoms with van der Waals surface area (Å²) in [7, 11) is 1.65. The van der Waals surface area contributed by atoms with Gasteiger partial charge >= 0.3 is 0 Å². The van der Waals surface area contributed by atoms with Crippen LogP contribution < -0.4 is 10.1 Å². The third-order valence-corrected chi connectivity index (χ3v) is 4.22. The molecule has 0 radical (unpaired) electrons. The van der Waals surface area contributed by atoms with E-state index >= 15 is 0 Å². The van der Waals surface area contributed by atoms with Crippen LogP contribution in [0.2, 0.25) is 0 Å². The highest BCUT2D eigenvalue weighted by atomic mass is 32.2. The first-order valence-electron chi connectivity index (χ1n) is 5.63. The Hall–Kier alpha value is -0.900. The molecule has 0 aliphatic heterocycles.